The van der Waals surface area contributed by atoms with E-state index in [1.807, 2.05) is 11.0 Å². The summed E-state index contributed by atoms with van der Waals surface area (Å²) in [6.45, 7) is 0.705. The van der Waals surface area contributed by atoms with Crippen LogP contribution in [0.4, 0.5) is 28.9 Å². The van der Waals surface area contributed by atoms with Gasteiger partial charge in [0, 0.05) is 39.1 Å². The van der Waals surface area contributed by atoms with Crippen molar-refractivity contribution in [2.24, 2.45) is 0 Å². The summed E-state index contributed by atoms with van der Waals surface area (Å²) in [6, 6.07) is 10.3. The minimum atomic E-state index is -4.50. The number of β-amino-alcohol motifs (C(OH)–C–C–N with tert-alkyl or cyclic N) is 1. The molecule has 0 spiro atoms. The number of rotatable bonds is 12. The number of ether oxygens (including phenoxy) is 2. The van der Waals surface area contributed by atoms with Crippen molar-refractivity contribution in [3.63, 3.8) is 0 Å². The van der Waals surface area contributed by atoms with Gasteiger partial charge in [-0.25, -0.2) is 12.8 Å². The average Bonchev–Trinajstić information content (AvgIpc) is 3.32. The van der Waals surface area contributed by atoms with Crippen molar-refractivity contribution >= 4 is 42.6 Å². The van der Waals surface area contributed by atoms with Crippen LogP contribution in [0.2, 0.25) is 0 Å². The van der Waals surface area contributed by atoms with E-state index in [-0.39, 0.29) is 53.9 Å². The Bertz CT molecular complexity index is 1730. The zero-order valence-electron chi connectivity index (χ0n) is 25.2. The first-order chi connectivity index (χ1) is 21.8. The van der Waals surface area contributed by atoms with E-state index in [0.29, 0.717) is 34.4 Å². The van der Waals surface area contributed by atoms with Crippen LogP contribution in [0.25, 0.3) is 10.1 Å². The molecule has 3 atom stereocenters. The fraction of sp³-hybridized carbons (Fsp3) is 0.452. The third-order valence-corrected chi connectivity index (χ3v) is 9.54. The Balaban J connectivity index is 1.55. The summed E-state index contributed by atoms with van der Waals surface area (Å²) in [5.41, 5.74) is 0.899. The maximum atomic E-state index is 15.2. The van der Waals surface area contributed by atoms with E-state index in [2.05, 4.69) is 22.5 Å². The molecule has 9 nitrogen and oxygen atoms in total. The number of sulfone groups is 1. The average molecular weight is 683 g/mol. The molecule has 1 saturated heterocycles. The number of hydrogen-bond acceptors (Lipinski definition) is 10. The Morgan fingerprint density at radius 3 is 2.70 bits per heavy atom. The van der Waals surface area contributed by atoms with Crippen molar-refractivity contribution in [3.05, 3.63) is 46.8 Å². The van der Waals surface area contributed by atoms with Gasteiger partial charge in [-0.3, -0.25) is 4.90 Å². The van der Waals surface area contributed by atoms with Crippen LogP contribution < -0.4 is 15.4 Å². The second-order valence-electron chi connectivity index (χ2n) is 10.8. The zero-order valence-corrected chi connectivity index (χ0v) is 26.8. The molecule has 2 heterocycles. The summed E-state index contributed by atoms with van der Waals surface area (Å²) in [5, 5.41) is 25.4. The van der Waals surface area contributed by atoms with Crippen LogP contribution in [-0.4, -0.2) is 95.7 Å². The number of nitrogens with one attached hydrogen (secondary N) is 2. The Labute approximate surface area is 269 Å². The molecular weight excluding hydrogens is 648 g/mol. The minimum absolute atomic E-state index is 0.00550. The number of fused-ring (bicyclic) bond motifs is 1. The number of benzene rings is 2. The SMILES string of the molecule is COCC(O)CN1CCC(Nc2cccc3c(CC(F)(F)F)c(C#CCNc4ccc(S(C)(=O)=O)cc4OCC#N)sc23)C(F)C1. The summed E-state index contributed by atoms with van der Waals surface area (Å²) in [5.74, 6) is 5.79. The number of methoxy groups -OCH3 is 1. The van der Waals surface area contributed by atoms with Gasteiger partial charge in [0.25, 0.3) is 0 Å². The van der Waals surface area contributed by atoms with Crippen molar-refractivity contribution in [1.82, 2.24) is 4.90 Å². The predicted octanol–water partition coefficient (Wildman–Crippen LogP) is 4.61. The third kappa shape index (κ3) is 9.47. The summed E-state index contributed by atoms with van der Waals surface area (Å²) >= 11 is 1.09. The van der Waals surface area contributed by atoms with Gasteiger partial charge in [0.15, 0.2) is 16.4 Å². The van der Waals surface area contributed by atoms with Gasteiger partial charge in [0.2, 0.25) is 0 Å². The van der Waals surface area contributed by atoms with Crippen LogP contribution in [0.3, 0.4) is 0 Å². The topological polar surface area (TPSA) is 124 Å². The molecule has 1 aliphatic heterocycles. The molecule has 3 unspecified atom stereocenters. The van der Waals surface area contributed by atoms with Crippen molar-refractivity contribution in [2.75, 3.05) is 63.4 Å². The third-order valence-electron chi connectivity index (χ3n) is 7.23. The van der Waals surface area contributed by atoms with Gasteiger partial charge in [-0.1, -0.05) is 24.0 Å². The molecule has 0 aliphatic carbocycles. The van der Waals surface area contributed by atoms with E-state index in [1.165, 1.54) is 25.3 Å². The molecule has 1 fully saturated rings. The standard InChI is InChI=1S/C31H34F4N4O5S2/c1-43-19-20(40)17-39-13-10-25(24(32)18-39)38-27-6-3-5-22-23(16-31(33,34)35)29(45-30(22)27)7-4-12-37-26-9-8-21(46(2,41)42)15-28(26)44-14-11-36/h3,5-6,8-9,15,20,24-25,37-38,40H,10,12-14,16-19H2,1-2H3. The molecule has 46 heavy (non-hydrogen) atoms. The largest absolute Gasteiger partial charge is 0.477 e. The Hall–Kier alpha value is -3.60. The molecule has 0 amide bonds. The van der Waals surface area contributed by atoms with Gasteiger partial charge >= 0.3 is 6.18 Å². The lowest BCUT2D eigenvalue weighted by atomic mass is 10.0. The Morgan fingerprint density at radius 1 is 1.24 bits per heavy atom. The van der Waals surface area contributed by atoms with Gasteiger partial charge in [-0.05, 0) is 35.6 Å². The molecule has 1 aromatic heterocycles. The van der Waals surface area contributed by atoms with Gasteiger partial charge in [-0.15, -0.1) is 11.3 Å². The van der Waals surface area contributed by atoms with Gasteiger partial charge in [-0.2, -0.15) is 18.4 Å². The number of hydrogen-bond donors (Lipinski definition) is 3. The number of alkyl halides is 4. The molecule has 4 rings (SSSR count). The highest BCUT2D eigenvalue weighted by molar-refractivity contribution is 7.90. The Morgan fingerprint density at radius 2 is 2.02 bits per heavy atom. The first-order valence-electron chi connectivity index (χ1n) is 14.3. The summed E-state index contributed by atoms with van der Waals surface area (Å²) in [6.07, 6.45) is -6.22. The number of halogens is 4. The van der Waals surface area contributed by atoms with Crippen molar-refractivity contribution in [2.45, 2.75) is 42.2 Å². The summed E-state index contributed by atoms with van der Waals surface area (Å²) in [7, 11) is -2.06. The number of thiophene rings is 1. The highest BCUT2D eigenvalue weighted by Crippen LogP contribution is 2.39. The maximum Gasteiger partial charge on any atom is 0.393 e. The lowest BCUT2D eigenvalue weighted by Crippen LogP contribution is -2.50. The number of nitrogens with zero attached hydrogens (tertiary/aromatic N) is 2. The van der Waals surface area contributed by atoms with E-state index < -0.39 is 40.8 Å². The van der Waals surface area contributed by atoms with Crippen LogP contribution in [0, 0.1) is 23.2 Å². The quantitative estimate of drug-likeness (QED) is 0.186. The van der Waals surface area contributed by atoms with Crippen molar-refractivity contribution in [1.29, 1.82) is 5.26 Å². The number of piperidine rings is 1. The van der Waals surface area contributed by atoms with E-state index >= 15 is 4.39 Å². The van der Waals surface area contributed by atoms with E-state index in [4.69, 9.17) is 14.7 Å². The van der Waals surface area contributed by atoms with Crippen LogP contribution in [-0.2, 0) is 21.0 Å². The second kappa shape index (κ2) is 15.3. The maximum absolute atomic E-state index is 15.2. The van der Waals surface area contributed by atoms with Crippen LogP contribution in [0.15, 0.2) is 41.3 Å². The number of aliphatic hydroxyl groups excluding tert-OH is 1. The van der Waals surface area contributed by atoms with E-state index in [1.54, 1.807) is 18.2 Å². The minimum Gasteiger partial charge on any atom is -0.477 e. The number of anilines is 2. The normalized spacial score (nSPS) is 18.0. The smallest absolute Gasteiger partial charge is 0.393 e. The first kappa shape index (κ1) is 35.3. The molecule has 248 valence electrons. The number of likely N-dealkylation sites (tertiary alicyclic amines) is 1. The predicted molar refractivity (Wildman–Crippen MR) is 169 cm³/mol. The second-order valence-corrected chi connectivity index (χ2v) is 13.9. The lowest BCUT2D eigenvalue weighted by molar-refractivity contribution is -0.126. The van der Waals surface area contributed by atoms with Crippen molar-refractivity contribution in [3.8, 4) is 23.7 Å². The molecule has 0 radical (unpaired) electrons. The van der Waals surface area contributed by atoms with E-state index in [9.17, 15) is 26.7 Å². The summed E-state index contributed by atoms with van der Waals surface area (Å²) < 4.78 is 90.9. The fourth-order valence-electron chi connectivity index (χ4n) is 5.17. The number of nitriles is 1. The zero-order chi connectivity index (χ0) is 33.5. The van der Waals surface area contributed by atoms with Gasteiger partial charge < -0.3 is 25.2 Å². The van der Waals surface area contributed by atoms with E-state index in [0.717, 1.165) is 17.6 Å². The first-order valence-corrected chi connectivity index (χ1v) is 17.0. The molecule has 0 saturated carbocycles. The molecule has 1 aliphatic rings. The van der Waals surface area contributed by atoms with Crippen LogP contribution in [0.5, 0.6) is 5.75 Å². The van der Waals surface area contributed by atoms with Gasteiger partial charge in [0.05, 0.1) is 57.6 Å². The van der Waals surface area contributed by atoms with Gasteiger partial charge in [0.1, 0.15) is 18.0 Å². The van der Waals surface area contributed by atoms with Crippen molar-refractivity contribution < 1.29 is 40.6 Å². The molecule has 3 aromatic rings. The number of aliphatic hydroxyl groups is 1. The van der Waals surface area contributed by atoms with Crippen LogP contribution >= 0.6 is 11.3 Å². The lowest BCUT2D eigenvalue weighted by Gasteiger charge is -2.36. The molecule has 3 N–H and O–H groups in total. The monoisotopic (exact) mass is 682 g/mol. The highest BCUT2D eigenvalue weighted by Gasteiger charge is 2.33. The molecule has 2 aromatic carbocycles. The van der Waals surface area contributed by atoms with Crippen LogP contribution in [0.1, 0.15) is 16.9 Å². The highest BCUT2D eigenvalue weighted by atomic mass is 32.2. The molecule has 15 heteroatoms. The molecular formula is C31H34F4N4O5S2. The Kier molecular flexibility index (Phi) is 11.7. The fourth-order valence-corrected chi connectivity index (χ4v) is 6.98. The summed E-state index contributed by atoms with van der Waals surface area (Å²) in [4.78, 5) is 2.03. The molecule has 0 bridgehead atoms.